The van der Waals surface area contributed by atoms with Gasteiger partial charge in [-0.1, -0.05) is 6.92 Å². The summed E-state index contributed by atoms with van der Waals surface area (Å²) >= 11 is -3.51. The van der Waals surface area contributed by atoms with Crippen LogP contribution in [0.4, 0.5) is 0 Å². The van der Waals surface area contributed by atoms with E-state index >= 15 is 0 Å². The summed E-state index contributed by atoms with van der Waals surface area (Å²) in [6.45, 7) is 2.48. The van der Waals surface area contributed by atoms with Gasteiger partial charge in [-0.05, 0) is 18.6 Å². The fourth-order valence-corrected chi connectivity index (χ4v) is 1.96. The minimum atomic E-state index is -3.51. The summed E-state index contributed by atoms with van der Waals surface area (Å²) in [4.78, 5) is 3.75. The third kappa shape index (κ3) is 2.91. The number of hydrogen-bond donors (Lipinski definition) is 0. The molecule has 0 aromatic carbocycles. The minimum Gasteiger partial charge on any atom is -0.491 e. The number of aromatic nitrogens is 1. The third-order valence-corrected chi connectivity index (χ3v) is 2.98. The van der Waals surface area contributed by atoms with Crippen molar-refractivity contribution in [2.45, 2.75) is 13.3 Å². The van der Waals surface area contributed by atoms with Crippen molar-refractivity contribution in [3.05, 3.63) is 22.0 Å². The maximum atomic E-state index is 10.8. The summed E-state index contributed by atoms with van der Waals surface area (Å²) in [5, 5.41) is 0. The van der Waals surface area contributed by atoms with Crippen molar-refractivity contribution in [3.63, 3.8) is 0 Å². The standard InChI is InChI=1S/C8H10INO3/c1-2-6-13-7-4-3-5-10-8(7)9(11)12/h3-5H,2,6H2,1H3. The summed E-state index contributed by atoms with van der Waals surface area (Å²) in [7, 11) is 0. The van der Waals surface area contributed by atoms with Gasteiger partial charge in [0.25, 0.3) is 0 Å². The van der Waals surface area contributed by atoms with Gasteiger partial charge in [-0.25, -0.2) is 11.1 Å². The lowest BCUT2D eigenvalue weighted by Gasteiger charge is -2.03. The molecule has 0 aliphatic rings. The van der Waals surface area contributed by atoms with Gasteiger partial charge < -0.3 is 4.74 Å². The van der Waals surface area contributed by atoms with E-state index in [0.29, 0.717) is 12.4 Å². The molecular weight excluding hydrogens is 285 g/mol. The van der Waals surface area contributed by atoms with E-state index < -0.39 is 19.8 Å². The molecule has 1 aromatic rings. The molecule has 0 N–H and O–H groups in total. The second-order valence-electron chi connectivity index (χ2n) is 2.36. The number of ether oxygens (including phenoxy) is 1. The first kappa shape index (κ1) is 10.4. The summed E-state index contributed by atoms with van der Waals surface area (Å²) < 4.78 is 26.9. The van der Waals surface area contributed by atoms with Gasteiger partial charge in [-0.3, -0.25) is 0 Å². The van der Waals surface area contributed by atoms with Gasteiger partial charge in [0.1, 0.15) is 0 Å². The van der Waals surface area contributed by atoms with Gasteiger partial charge in [0.05, 0.1) is 6.61 Å². The van der Waals surface area contributed by atoms with E-state index in [4.69, 9.17) is 4.74 Å². The van der Waals surface area contributed by atoms with Crippen molar-refractivity contribution in [2.24, 2.45) is 0 Å². The molecule has 0 atom stereocenters. The van der Waals surface area contributed by atoms with Crippen LogP contribution < -0.4 is 4.74 Å². The zero-order valence-corrected chi connectivity index (χ0v) is 9.35. The van der Waals surface area contributed by atoms with Crippen LogP contribution in [0.3, 0.4) is 0 Å². The van der Waals surface area contributed by atoms with Crippen LogP contribution in [0.15, 0.2) is 18.3 Å². The van der Waals surface area contributed by atoms with E-state index in [0.717, 1.165) is 6.42 Å². The van der Waals surface area contributed by atoms with Gasteiger partial charge >= 0.3 is 19.8 Å². The van der Waals surface area contributed by atoms with E-state index in [1.165, 1.54) is 6.20 Å². The highest BCUT2D eigenvalue weighted by Crippen LogP contribution is 2.25. The number of rotatable bonds is 4. The Hall–Kier alpha value is -0.720. The molecule has 4 nitrogen and oxygen atoms in total. The number of nitrogens with zero attached hydrogens (tertiary/aromatic N) is 1. The summed E-state index contributed by atoms with van der Waals surface area (Å²) in [5.41, 5.74) is 0. The minimum absolute atomic E-state index is 0.0974. The molecular formula is C8H10INO3. The molecule has 0 aliphatic heterocycles. The highest BCUT2D eigenvalue weighted by Gasteiger charge is 2.08. The summed E-state index contributed by atoms with van der Waals surface area (Å²) in [5.74, 6) is 0.375. The lowest BCUT2D eigenvalue weighted by atomic mass is 10.4. The van der Waals surface area contributed by atoms with Crippen LogP contribution >= 0.6 is 19.8 Å². The molecule has 0 aliphatic carbocycles. The fraction of sp³-hybridized carbons (Fsp3) is 0.375. The zero-order valence-electron chi connectivity index (χ0n) is 7.20. The molecule has 0 amide bonds. The molecule has 72 valence electrons. The van der Waals surface area contributed by atoms with Crippen molar-refractivity contribution < 1.29 is 10.9 Å². The quantitative estimate of drug-likeness (QED) is 0.631. The second-order valence-corrected chi connectivity index (χ2v) is 4.62. The Kier molecular flexibility index (Phi) is 4.07. The van der Waals surface area contributed by atoms with Gasteiger partial charge in [0.15, 0.2) is 5.75 Å². The summed E-state index contributed by atoms with van der Waals surface area (Å²) in [6, 6.07) is 3.28. The van der Waals surface area contributed by atoms with Gasteiger partial charge in [0, 0.05) is 6.20 Å². The topological polar surface area (TPSA) is 56.3 Å². The molecule has 1 heterocycles. The highest BCUT2D eigenvalue weighted by atomic mass is 127. The van der Waals surface area contributed by atoms with Crippen LogP contribution in [0.1, 0.15) is 13.3 Å². The van der Waals surface area contributed by atoms with Crippen LogP contribution in [0.5, 0.6) is 5.75 Å². The first-order chi connectivity index (χ1) is 6.25. The largest absolute Gasteiger partial charge is 0.491 e. The predicted molar refractivity (Wildman–Crippen MR) is 54.1 cm³/mol. The average molecular weight is 295 g/mol. The Morgan fingerprint density at radius 2 is 2.31 bits per heavy atom. The fourth-order valence-electron chi connectivity index (χ4n) is 0.807. The molecule has 0 radical (unpaired) electrons. The maximum absolute atomic E-state index is 10.8. The zero-order chi connectivity index (χ0) is 9.68. The van der Waals surface area contributed by atoms with Crippen LogP contribution in [-0.4, -0.2) is 11.6 Å². The van der Waals surface area contributed by atoms with Crippen LogP contribution in [0, 0.1) is 3.70 Å². The monoisotopic (exact) mass is 295 g/mol. The molecule has 13 heavy (non-hydrogen) atoms. The van der Waals surface area contributed by atoms with E-state index in [2.05, 4.69) is 4.98 Å². The number of halogens is 1. The molecule has 0 saturated carbocycles. The van der Waals surface area contributed by atoms with Crippen molar-refractivity contribution in [1.29, 1.82) is 0 Å². The van der Waals surface area contributed by atoms with Crippen molar-refractivity contribution >= 4 is 19.8 Å². The molecule has 1 aromatic heterocycles. The normalized spacial score (nSPS) is 10.3. The summed E-state index contributed by atoms with van der Waals surface area (Å²) in [6.07, 6.45) is 2.30. The smallest absolute Gasteiger partial charge is 0.363 e. The third-order valence-electron chi connectivity index (χ3n) is 1.33. The Labute approximate surface area is 83.5 Å². The van der Waals surface area contributed by atoms with Crippen LogP contribution in [0.25, 0.3) is 0 Å². The molecule has 0 bridgehead atoms. The lowest BCUT2D eigenvalue weighted by Crippen LogP contribution is -1.98. The van der Waals surface area contributed by atoms with Gasteiger partial charge in [0.2, 0.25) is 3.70 Å². The van der Waals surface area contributed by atoms with Gasteiger partial charge in [-0.2, -0.15) is 0 Å². The number of hydrogen-bond acceptors (Lipinski definition) is 4. The van der Waals surface area contributed by atoms with Crippen molar-refractivity contribution in [2.75, 3.05) is 6.61 Å². The number of pyridine rings is 1. The van der Waals surface area contributed by atoms with Crippen molar-refractivity contribution in [1.82, 2.24) is 4.98 Å². The molecule has 1 rings (SSSR count). The Morgan fingerprint density at radius 3 is 2.92 bits per heavy atom. The first-order valence-electron chi connectivity index (χ1n) is 3.88. The maximum Gasteiger partial charge on any atom is 0.363 e. The molecule has 5 heteroatoms. The van der Waals surface area contributed by atoms with Crippen molar-refractivity contribution in [3.8, 4) is 5.75 Å². The predicted octanol–water partition coefficient (Wildman–Crippen LogP) is 2.24. The Morgan fingerprint density at radius 1 is 1.54 bits per heavy atom. The molecule has 0 unspecified atom stereocenters. The molecule has 0 spiro atoms. The van der Waals surface area contributed by atoms with E-state index in [9.17, 15) is 6.14 Å². The molecule has 0 fully saturated rings. The van der Waals surface area contributed by atoms with E-state index in [-0.39, 0.29) is 3.70 Å². The highest BCUT2D eigenvalue weighted by molar-refractivity contribution is 14.2. The van der Waals surface area contributed by atoms with E-state index in [1.54, 1.807) is 12.1 Å². The Bertz CT molecular complexity index is 341. The average Bonchev–Trinajstić information content (AvgIpc) is 2.15. The molecule has 0 saturated heterocycles. The lowest BCUT2D eigenvalue weighted by molar-refractivity contribution is 0.313. The van der Waals surface area contributed by atoms with Gasteiger partial charge in [-0.15, -0.1) is 0 Å². The Balaban J connectivity index is 2.91. The van der Waals surface area contributed by atoms with E-state index in [1.807, 2.05) is 6.92 Å². The first-order valence-corrected chi connectivity index (χ1v) is 6.72. The van der Waals surface area contributed by atoms with Crippen LogP contribution in [-0.2, 0) is 6.14 Å². The second kappa shape index (κ2) is 5.11. The SMILES string of the molecule is CCCOc1cccnc1I(=O)=O. The van der Waals surface area contributed by atoms with Crippen LogP contribution in [0.2, 0.25) is 0 Å².